The van der Waals surface area contributed by atoms with Gasteiger partial charge in [0.25, 0.3) is 5.91 Å². The number of amides is 1. The first-order chi connectivity index (χ1) is 15.3. The lowest BCUT2D eigenvalue weighted by molar-refractivity contribution is -0.0438. The Balaban J connectivity index is 1.16. The highest BCUT2D eigenvalue weighted by Gasteiger charge is 2.39. The van der Waals surface area contributed by atoms with Crippen molar-refractivity contribution in [3.05, 3.63) is 41.7 Å². The van der Waals surface area contributed by atoms with Crippen LogP contribution in [0.2, 0.25) is 0 Å². The van der Waals surface area contributed by atoms with E-state index in [2.05, 4.69) is 20.9 Å². The van der Waals surface area contributed by atoms with Crippen LogP contribution in [-0.2, 0) is 6.54 Å². The van der Waals surface area contributed by atoms with E-state index >= 15 is 0 Å². The van der Waals surface area contributed by atoms with E-state index in [1.807, 2.05) is 30.9 Å². The van der Waals surface area contributed by atoms with E-state index < -0.39 is 5.79 Å². The largest absolute Gasteiger partial charge is 0.449 e. The van der Waals surface area contributed by atoms with Gasteiger partial charge < -0.3 is 20.1 Å². The normalized spacial score (nSPS) is 21.6. The van der Waals surface area contributed by atoms with Gasteiger partial charge in [-0.3, -0.25) is 9.69 Å². The molecule has 1 amide bonds. The molecular weight excluding hydrogens is 406 g/mol. The number of piperidine rings is 2. The molecule has 2 saturated heterocycles. The van der Waals surface area contributed by atoms with E-state index in [-0.39, 0.29) is 11.9 Å². The van der Waals surface area contributed by atoms with Crippen LogP contribution in [0.4, 0.5) is 5.95 Å². The number of benzene rings is 1. The molecule has 0 aliphatic carbocycles. The number of carbonyl (C=O) groups is 1. The predicted molar refractivity (Wildman–Crippen MR) is 120 cm³/mol. The molecule has 2 fully saturated rings. The zero-order valence-corrected chi connectivity index (χ0v) is 18.8. The average Bonchev–Trinajstić information content (AvgIpc) is 3.10. The molecule has 4 heterocycles. The number of likely N-dealkylation sites (tertiary alicyclic amines) is 2. The Kier molecular flexibility index (Phi) is 5.20. The third kappa shape index (κ3) is 4.11. The lowest BCUT2D eigenvalue weighted by Crippen LogP contribution is -2.48. The fourth-order valence-corrected chi connectivity index (χ4v) is 5.18. The van der Waals surface area contributed by atoms with Crippen LogP contribution in [0.5, 0.6) is 11.5 Å². The van der Waals surface area contributed by atoms with Gasteiger partial charge in [0.2, 0.25) is 11.7 Å². The van der Waals surface area contributed by atoms with Gasteiger partial charge in [-0.2, -0.15) is 0 Å². The summed E-state index contributed by atoms with van der Waals surface area (Å²) in [5, 5.41) is 0. The molecule has 2 aromatic rings. The number of nitrogens with zero attached hydrogens (tertiary/aromatic N) is 4. The molecule has 2 N–H and O–H groups in total. The molecule has 0 saturated carbocycles. The molecule has 32 heavy (non-hydrogen) atoms. The summed E-state index contributed by atoms with van der Waals surface area (Å²) in [5.74, 6) is 1.21. The second-order valence-corrected chi connectivity index (χ2v) is 9.72. The number of nitrogens with two attached hydrogens (primary N) is 1. The van der Waals surface area contributed by atoms with E-state index in [0.29, 0.717) is 11.1 Å². The molecule has 1 aromatic heterocycles. The average molecular weight is 438 g/mol. The lowest BCUT2D eigenvalue weighted by atomic mass is 9.71. The van der Waals surface area contributed by atoms with Gasteiger partial charge >= 0.3 is 0 Å². The number of ether oxygens (including phenoxy) is 2. The molecule has 1 aromatic carbocycles. The molecule has 3 aliphatic rings. The molecule has 8 heteroatoms. The highest BCUT2D eigenvalue weighted by molar-refractivity contribution is 5.92. The number of anilines is 1. The number of nitrogen functional groups attached to an aromatic ring is 1. The van der Waals surface area contributed by atoms with E-state index in [9.17, 15) is 4.79 Å². The summed E-state index contributed by atoms with van der Waals surface area (Å²) in [5.41, 5.74) is 7.54. The Morgan fingerprint density at radius 3 is 2.50 bits per heavy atom. The Labute approximate surface area is 188 Å². The lowest BCUT2D eigenvalue weighted by Gasteiger charge is -2.47. The summed E-state index contributed by atoms with van der Waals surface area (Å²) in [4.78, 5) is 25.1. The predicted octanol–water partition coefficient (Wildman–Crippen LogP) is 3.08. The quantitative estimate of drug-likeness (QED) is 0.789. The Hall–Kier alpha value is -2.87. The Morgan fingerprint density at radius 2 is 1.78 bits per heavy atom. The van der Waals surface area contributed by atoms with Crippen molar-refractivity contribution in [3.8, 4) is 11.5 Å². The molecule has 0 bridgehead atoms. The maximum Gasteiger partial charge on any atom is 0.272 e. The van der Waals surface area contributed by atoms with E-state index in [1.165, 1.54) is 11.8 Å². The highest BCUT2D eigenvalue weighted by atomic mass is 16.7. The zero-order valence-electron chi connectivity index (χ0n) is 18.8. The zero-order chi connectivity index (χ0) is 22.3. The van der Waals surface area contributed by atoms with Crippen LogP contribution in [0.1, 0.15) is 55.6 Å². The summed E-state index contributed by atoms with van der Waals surface area (Å²) < 4.78 is 11.9. The monoisotopic (exact) mass is 437 g/mol. The Morgan fingerprint density at radius 1 is 1.06 bits per heavy atom. The van der Waals surface area contributed by atoms with Crippen molar-refractivity contribution in [2.24, 2.45) is 5.41 Å². The standard InChI is InChI=1S/C24H31N5O3/c1-23(2)31-19-5-3-4-17(20(19)32-23)16-28-12-7-24(8-13-28)9-14-29(15-10-24)21(30)18-6-11-26-22(25)27-18/h3-6,11H,7-10,12-16H2,1-2H3,(H2,25,26,27). The summed E-state index contributed by atoms with van der Waals surface area (Å²) in [7, 11) is 0. The minimum Gasteiger partial charge on any atom is -0.449 e. The van der Waals surface area contributed by atoms with Gasteiger partial charge in [0, 0.05) is 45.2 Å². The Bertz CT molecular complexity index is 1010. The van der Waals surface area contributed by atoms with Crippen molar-refractivity contribution in [2.45, 2.75) is 51.9 Å². The number of hydrogen-bond acceptors (Lipinski definition) is 7. The second kappa shape index (κ2) is 7.92. The molecule has 0 radical (unpaired) electrons. The van der Waals surface area contributed by atoms with Gasteiger partial charge in [0.05, 0.1) is 0 Å². The topological polar surface area (TPSA) is 93.8 Å². The van der Waals surface area contributed by atoms with Crippen LogP contribution < -0.4 is 15.2 Å². The van der Waals surface area contributed by atoms with Gasteiger partial charge in [-0.1, -0.05) is 12.1 Å². The maximum absolute atomic E-state index is 12.8. The molecule has 3 aliphatic heterocycles. The second-order valence-electron chi connectivity index (χ2n) is 9.72. The third-order valence-corrected chi connectivity index (χ3v) is 7.08. The molecule has 5 rings (SSSR count). The minimum absolute atomic E-state index is 0.0468. The van der Waals surface area contributed by atoms with E-state index in [0.717, 1.165) is 69.9 Å². The summed E-state index contributed by atoms with van der Waals surface area (Å²) in [6, 6.07) is 7.79. The molecule has 0 atom stereocenters. The van der Waals surface area contributed by atoms with E-state index in [4.69, 9.17) is 15.2 Å². The molecule has 0 unspecified atom stereocenters. The van der Waals surface area contributed by atoms with Gasteiger partial charge in [0.1, 0.15) is 5.69 Å². The van der Waals surface area contributed by atoms with Crippen molar-refractivity contribution in [1.29, 1.82) is 0 Å². The van der Waals surface area contributed by atoms with Crippen LogP contribution >= 0.6 is 0 Å². The molecule has 8 nitrogen and oxygen atoms in total. The van der Waals surface area contributed by atoms with Gasteiger partial charge in [0.15, 0.2) is 11.5 Å². The van der Waals surface area contributed by atoms with Crippen molar-refractivity contribution in [2.75, 3.05) is 31.9 Å². The molecular formula is C24H31N5O3. The van der Waals surface area contributed by atoms with E-state index in [1.54, 1.807) is 6.07 Å². The van der Waals surface area contributed by atoms with Gasteiger partial charge in [-0.25, -0.2) is 9.97 Å². The fourth-order valence-electron chi connectivity index (χ4n) is 5.18. The van der Waals surface area contributed by atoms with Crippen molar-refractivity contribution < 1.29 is 14.3 Å². The SMILES string of the molecule is CC1(C)Oc2cccc(CN3CCC4(CC3)CCN(C(=O)c3ccnc(N)n3)CC4)c2O1. The molecule has 1 spiro atoms. The number of aromatic nitrogens is 2. The smallest absolute Gasteiger partial charge is 0.272 e. The maximum atomic E-state index is 12.8. The fraction of sp³-hybridized carbons (Fsp3) is 0.542. The number of rotatable bonds is 3. The highest BCUT2D eigenvalue weighted by Crippen LogP contribution is 2.44. The minimum atomic E-state index is -0.604. The first-order valence-electron chi connectivity index (χ1n) is 11.4. The van der Waals surface area contributed by atoms with Crippen LogP contribution in [0.3, 0.4) is 0 Å². The molecule has 170 valence electrons. The van der Waals surface area contributed by atoms with Crippen LogP contribution in [0.25, 0.3) is 0 Å². The number of hydrogen-bond donors (Lipinski definition) is 1. The van der Waals surface area contributed by atoms with Crippen LogP contribution in [0, 0.1) is 5.41 Å². The number of carbonyl (C=O) groups excluding carboxylic acids is 1. The van der Waals surface area contributed by atoms with Crippen LogP contribution in [-0.4, -0.2) is 57.6 Å². The summed E-state index contributed by atoms with van der Waals surface area (Å²) >= 11 is 0. The van der Waals surface area contributed by atoms with Gasteiger partial charge in [-0.15, -0.1) is 0 Å². The first-order valence-corrected chi connectivity index (χ1v) is 11.4. The third-order valence-electron chi connectivity index (χ3n) is 7.08. The number of fused-ring (bicyclic) bond motifs is 1. The van der Waals surface area contributed by atoms with Crippen LogP contribution in [0.15, 0.2) is 30.5 Å². The first kappa shape index (κ1) is 21.0. The summed E-state index contributed by atoms with van der Waals surface area (Å²) in [6.45, 7) is 8.42. The van der Waals surface area contributed by atoms with Gasteiger partial charge in [-0.05, 0) is 56.3 Å². The number of para-hydroxylation sites is 1. The van der Waals surface area contributed by atoms with Crippen molar-refractivity contribution in [3.63, 3.8) is 0 Å². The van der Waals surface area contributed by atoms with Crippen molar-refractivity contribution in [1.82, 2.24) is 19.8 Å². The summed E-state index contributed by atoms with van der Waals surface area (Å²) in [6.07, 6.45) is 5.94. The van der Waals surface area contributed by atoms with Crippen molar-refractivity contribution >= 4 is 11.9 Å².